The number of amides is 1. The summed E-state index contributed by atoms with van der Waals surface area (Å²) < 4.78 is 43.4. The van der Waals surface area contributed by atoms with Gasteiger partial charge < -0.3 is 4.90 Å². The molecule has 1 atom stereocenters. The summed E-state index contributed by atoms with van der Waals surface area (Å²) in [6.07, 6.45) is -4.04. The standard InChI is InChI=1S/C22H21F3N6OS/c1-11-13(5-6-15-20(11)33-10-26-15)21(32)31-8-7-14-18(12(31)2)28-30(4)19(14)16-9-17(22(23,24)25)27-29(16)3/h5-6,9-10,12H,7-8H2,1-4H3. The Kier molecular flexibility index (Phi) is 4.85. The highest BCUT2D eigenvalue weighted by atomic mass is 32.1. The fourth-order valence-electron chi connectivity index (χ4n) is 4.62. The van der Waals surface area contributed by atoms with E-state index in [1.807, 2.05) is 19.9 Å². The molecule has 0 saturated heterocycles. The number of thiazole rings is 1. The molecule has 0 bridgehead atoms. The van der Waals surface area contributed by atoms with E-state index in [0.29, 0.717) is 35.6 Å². The van der Waals surface area contributed by atoms with Crippen LogP contribution >= 0.6 is 11.3 Å². The first kappa shape index (κ1) is 21.6. The molecule has 11 heteroatoms. The van der Waals surface area contributed by atoms with Crippen molar-refractivity contribution in [2.45, 2.75) is 32.5 Å². The van der Waals surface area contributed by atoms with E-state index >= 15 is 0 Å². The Morgan fingerprint density at radius 2 is 1.94 bits per heavy atom. The van der Waals surface area contributed by atoms with Crippen LogP contribution in [0.15, 0.2) is 23.7 Å². The van der Waals surface area contributed by atoms with Gasteiger partial charge in [-0.15, -0.1) is 11.3 Å². The summed E-state index contributed by atoms with van der Waals surface area (Å²) in [5.41, 5.74) is 5.69. The Bertz CT molecular complexity index is 1400. The minimum absolute atomic E-state index is 0.0898. The Morgan fingerprint density at radius 3 is 2.64 bits per heavy atom. The molecule has 0 radical (unpaired) electrons. The monoisotopic (exact) mass is 474 g/mol. The Hall–Kier alpha value is -3.21. The molecule has 1 aliphatic heterocycles. The van der Waals surface area contributed by atoms with Gasteiger partial charge in [-0.2, -0.15) is 23.4 Å². The number of halogens is 3. The normalized spacial score (nSPS) is 16.5. The van der Waals surface area contributed by atoms with Gasteiger partial charge in [-0.3, -0.25) is 14.2 Å². The van der Waals surface area contributed by atoms with Crippen LogP contribution in [0.25, 0.3) is 21.6 Å². The van der Waals surface area contributed by atoms with Gasteiger partial charge in [0, 0.05) is 31.8 Å². The first-order chi connectivity index (χ1) is 15.6. The zero-order valence-corrected chi connectivity index (χ0v) is 19.3. The summed E-state index contributed by atoms with van der Waals surface area (Å²) in [6, 6.07) is 4.38. The van der Waals surface area contributed by atoms with Crippen molar-refractivity contribution in [1.82, 2.24) is 29.4 Å². The van der Waals surface area contributed by atoms with Gasteiger partial charge in [-0.05, 0) is 44.0 Å². The number of nitrogens with zero attached hydrogens (tertiary/aromatic N) is 6. The molecule has 0 fully saturated rings. The largest absolute Gasteiger partial charge is 0.435 e. The molecule has 172 valence electrons. The number of carbonyl (C=O) groups is 1. The Morgan fingerprint density at radius 1 is 1.18 bits per heavy atom. The third-order valence-electron chi connectivity index (χ3n) is 6.29. The zero-order chi connectivity index (χ0) is 23.7. The van der Waals surface area contributed by atoms with E-state index in [-0.39, 0.29) is 11.9 Å². The molecule has 0 spiro atoms. The van der Waals surface area contributed by atoms with Crippen molar-refractivity contribution in [2.24, 2.45) is 14.1 Å². The number of fused-ring (bicyclic) bond motifs is 2. The van der Waals surface area contributed by atoms with Crippen LogP contribution in [-0.4, -0.2) is 41.9 Å². The quantitative estimate of drug-likeness (QED) is 0.429. The summed E-state index contributed by atoms with van der Waals surface area (Å²) in [5, 5.41) is 8.25. The SMILES string of the molecule is Cc1c(C(=O)N2CCc3c(nn(C)c3-c3cc(C(F)(F)F)nn3C)C2C)ccc2ncsc12. The number of carbonyl (C=O) groups excluding carboxylic acids is 1. The second-order valence-corrected chi connectivity index (χ2v) is 9.09. The van der Waals surface area contributed by atoms with Gasteiger partial charge in [0.1, 0.15) is 0 Å². The van der Waals surface area contributed by atoms with Crippen molar-refractivity contribution in [3.8, 4) is 11.4 Å². The molecule has 33 heavy (non-hydrogen) atoms. The number of hydrogen-bond acceptors (Lipinski definition) is 5. The minimum Gasteiger partial charge on any atom is -0.330 e. The maximum absolute atomic E-state index is 13.5. The van der Waals surface area contributed by atoms with E-state index < -0.39 is 11.9 Å². The molecular formula is C22H21F3N6OS. The predicted octanol–water partition coefficient (Wildman–Crippen LogP) is 4.52. The molecular weight excluding hydrogens is 453 g/mol. The Labute approximate surface area is 191 Å². The fraction of sp³-hybridized carbons (Fsp3) is 0.364. The average Bonchev–Trinajstić information content (AvgIpc) is 3.45. The van der Waals surface area contributed by atoms with Gasteiger partial charge in [0.05, 0.1) is 38.9 Å². The lowest BCUT2D eigenvalue weighted by molar-refractivity contribution is -0.141. The number of aromatic nitrogens is 5. The fourth-order valence-corrected chi connectivity index (χ4v) is 5.42. The van der Waals surface area contributed by atoms with E-state index in [0.717, 1.165) is 27.4 Å². The third kappa shape index (κ3) is 3.33. The summed E-state index contributed by atoms with van der Waals surface area (Å²) >= 11 is 1.50. The molecule has 5 rings (SSSR count). The highest BCUT2D eigenvalue weighted by Gasteiger charge is 2.37. The van der Waals surface area contributed by atoms with E-state index in [9.17, 15) is 18.0 Å². The molecule has 1 aromatic carbocycles. The van der Waals surface area contributed by atoms with Crippen LogP contribution in [0.2, 0.25) is 0 Å². The first-order valence-corrected chi connectivity index (χ1v) is 11.3. The van der Waals surface area contributed by atoms with Gasteiger partial charge in [0.15, 0.2) is 5.69 Å². The van der Waals surface area contributed by atoms with E-state index in [1.54, 1.807) is 28.2 Å². The van der Waals surface area contributed by atoms with Crippen LogP contribution in [-0.2, 0) is 26.7 Å². The van der Waals surface area contributed by atoms with Crippen molar-refractivity contribution in [2.75, 3.05) is 6.54 Å². The van der Waals surface area contributed by atoms with Crippen LogP contribution in [0.5, 0.6) is 0 Å². The molecule has 1 amide bonds. The number of hydrogen-bond donors (Lipinski definition) is 0. The molecule has 0 aliphatic carbocycles. The summed E-state index contributed by atoms with van der Waals surface area (Å²) in [4.78, 5) is 19.6. The molecule has 0 saturated carbocycles. The summed E-state index contributed by atoms with van der Waals surface area (Å²) in [5.74, 6) is -0.0898. The lowest BCUT2D eigenvalue weighted by atomic mass is 9.96. The number of alkyl halides is 3. The van der Waals surface area contributed by atoms with Crippen molar-refractivity contribution >= 4 is 27.5 Å². The van der Waals surface area contributed by atoms with E-state index in [1.165, 1.54) is 23.1 Å². The van der Waals surface area contributed by atoms with Crippen LogP contribution in [0.4, 0.5) is 13.2 Å². The van der Waals surface area contributed by atoms with Crippen molar-refractivity contribution in [3.63, 3.8) is 0 Å². The Balaban J connectivity index is 1.52. The lowest BCUT2D eigenvalue weighted by Crippen LogP contribution is -2.39. The maximum Gasteiger partial charge on any atom is 0.435 e. The smallest absolute Gasteiger partial charge is 0.330 e. The highest BCUT2D eigenvalue weighted by Crippen LogP contribution is 2.38. The van der Waals surface area contributed by atoms with Gasteiger partial charge in [-0.25, -0.2) is 4.98 Å². The van der Waals surface area contributed by atoms with E-state index in [2.05, 4.69) is 15.2 Å². The molecule has 1 aliphatic rings. The number of aryl methyl sites for hydroxylation is 3. The second kappa shape index (κ2) is 7.41. The van der Waals surface area contributed by atoms with Crippen LogP contribution in [0.1, 0.15) is 45.8 Å². The molecule has 4 aromatic rings. The van der Waals surface area contributed by atoms with Gasteiger partial charge in [0.2, 0.25) is 0 Å². The van der Waals surface area contributed by atoms with Crippen LogP contribution < -0.4 is 0 Å². The average molecular weight is 475 g/mol. The number of rotatable bonds is 2. The summed E-state index contributed by atoms with van der Waals surface area (Å²) in [7, 11) is 3.19. The molecule has 0 N–H and O–H groups in total. The van der Waals surface area contributed by atoms with Crippen LogP contribution in [0, 0.1) is 6.92 Å². The van der Waals surface area contributed by atoms with E-state index in [4.69, 9.17) is 0 Å². The van der Waals surface area contributed by atoms with Crippen molar-refractivity contribution < 1.29 is 18.0 Å². The molecule has 1 unspecified atom stereocenters. The van der Waals surface area contributed by atoms with Crippen molar-refractivity contribution in [1.29, 1.82) is 0 Å². The molecule has 7 nitrogen and oxygen atoms in total. The van der Waals surface area contributed by atoms with Crippen molar-refractivity contribution in [3.05, 3.63) is 51.8 Å². The topological polar surface area (TPSA) is 68.8 Å². The lowest BCUT2D eigenvalue weighted by Gasteiger charge is -2.33. The zero-order valence-electron chi connectivity index (χ0n) is 18.4. The van der Waals surface area contributed by atoms with Crippen LogP contribution in [0.3, 0.4) is 0 Å². The predicted molar refractivity (Wildman–Crippen MR) is 118 cm³/mol. The summed E-state index contributed by atoms with van der Waals surface area (Å²) in [6.45, 7) is 4.26. The van der Waals surface area contributed by atoms with Gasteiger partial charge >= 0.3 is 6.18 Å². The molecule has 4 heterocycles. The highest BCUT2D eigenvalue weighted by molar-refractivity contribution is 7.17. The first-order valence-electron chi connectivity index (χ1n) is 10.4. The minimum atomic E-state index is -4.53. The van der Waals surface area contributed by atoms with Gasteiger partial charge in [-0.1, -0.05) is 0 Å². The molecule has 3 aromatic heterocycles. The van der Waals surface area contributed by atoms with Gasteiger partial charge in [0.25, 0.3) is 5.91 Å². The number of benzene rings is 1. The maximum atomic E-state index is 13.5. The second-order valence-electron chi connectivity index (χ2n) is 8.24. The third-order valence-corrected chi connectivity index (χ3v) is 7.26.